The normalized spacial score (nSPS) is 30.2. The van der Waals surface area contributed by atoms with Crippen LogP contribution >= 0.6 is 0 Å². The number of amides is 8. The molecule has 488 valence electrons. The van der Waals surface area contributed by atoms with Crippen molar-refractivity contribution in [2.45, 2.75) is 183 Å². The van der Waals surface area contributed by atoms with Gasteiger partial charge in [0.15, 0.2) is 11.5 Å². The maximum Gasteiger partial charge on any atom is 0.255 e. The lowest BCUT2D eigenvalue weighted by atomic mass is 9.76. The number of carbonyl (C=O) groups excluding carboxylic acids is 8. The standard InChI is InChI=1S/C74H86N8O11/c1-36-19-48-31-49(20-36)68(85)76-57-33-61(45(10)28-41(57)6)80-72(89)53-24-39(4)26-55-66(53)93-18-16-14-13-15-17-92-65-52(71(88)79-60-32-56(75-67(48)84)40(5)27-44(60)9)23-38(3)25-54(65)73(90)81-62-34-58(42(7)29-46(62)11)77-69(86)50-21-37(2)22-51(64(50)83)70(87)78-59-35-63(82-74(55)91)47(12)30-43(59)8/h19-26,31,40-47,56-63,83H,27-30,32-35H2,1-12H3,(H,75,84)(H,76,85)(H,77,86)(H,78,87)(H,79,88)(H,80,89)(H,81,90)(H,82,91). The maximum absolute atomic E-state index is 14.9. The molecule has 10 rings (SSSR count). The van der Waals surface area contributed by atoms with Crippen LogP contribution in [0.15, 0.2) is 54.6 Å². The Morgan fingerprint density at radius 2 is 0.516 bits per heavy atom. The number of phenolic OH excluding ortho intramolecular Hbond substituents is 1. The minimum absolute atomic E-state index is 0.00328. The summed E-state index contributed by atoms with van der Waals surface area (Å²) in [6.07, 6.45) is 8.91. The van der Waals surface area contributed by atoms with Gasteiger partial charge in [-0.25, -0.2) is 0 Å². The van der Waals surface area contributed by atoms with Crippen molar-refractivity contribution in [2.75, 3.05) is 0 Å². The Bertz CT molecular complexity index is 3660. The summed E-state index contributed by atoms with van der Waals surface area (Å²) in [6.45, 7) is 23.3. The molecule has 93 heavy (non-hydrogen) atoms. The van der Waals surface area contributed by atoms with E-state index in [1.54, 1.807) is 63.2 Å². The van der Waals surface area contributed by atoms with Gasteiger partial charge in [-0.1, -0.05) is 55.4 Å². The van der Waals surface area contributed by atoms with Gasteiger partial charge in [0.1, 0.15) is 18.0 Å². The van der Waals surface area contributed by atoms with E-state index in [2.05, 4.69) is 92.3 Å². The van der Waals surface area contributed by atoms with Gasteiger partial charge in [-0.3, -0.25) is 38.4 Å². The number of nitrogens with one attached hydrogen (secondary N) is 8. The molecule has 16 unspecified atom stereocenters. The van der Waals surface area contributed by atoms with Crippen LogP contribution in [0.4, 0.5) is 0 Å². The molecule has 0 spiro atoms. The number of aryl methyl sites for hydroxylation is 4. The van der Waals surface area contributed by atoms with Gasteiger partial charge in [0.2, 0.25) is 0 Å². The van der Waals surface area contributed by atoms with Crippen LogP contribution in [0.1, 0.15) is 212 Å². The van der Waals surface area contributed by atoms with Gasteiger partial charge in [0.25, 0.3) is 47.3 Å². The summed E-state index contributed by atoms with van der Waals surface area (Å²) in [6, 6.07) is 10.8. The van der Waals surface area contributed by atoms with Gasteiger partial charge in [-0.15, -0.1) is 0 Å². The Labute approximate surface area is 545 Å². The van der Waals surface area contributed by atoms with Crippen molar-refractivity contribution < 1.29 is 52.9 Å². The lowest BCUT2D eigenvalue weighted by molar-refractivity contribution is 0.0818. The first kappa shape index (κ1) is 66.6. The zero-order chi connectivity index (χ0) is 66.9. The summed E-state index contributed by atoms with van der Waals surface area (Å²) < 4.78 is 12.3. The van der Waals surface area contributed by atoms with Crippen LogP contribution in [-0.2, 0) is 0 Å². The molecule has 0 radical (unpaired) electrons. The Balaban J connectivity index is 1.09. The Morgan fingerprint density at radius 1 is 0.301 bits per heavy atom. The van der Waals surface area contributed by atoms with Crippen LogP contribution in [0.3, 0.4) is 0 Å². The topological polar surface area (TPSA) is 271 Å². The molecule has 4 aromatic rings. The molecule has 8 amide bonds. The van der Waals surface area contributed by atoms with Gasteiger partial charge in [-0.2, -0.15) is 0 Å². The number of rotatable bonds is 0. The van der Waals surface area contributed by atoms with Crippen LogP contribution in [0.5, 0.6) is 17.2 Å². The van der Waals surface area contributed by atoms with E-state index in [9.17, 15) is 43.5 Å². The Kier molecular flexibility index (Phi) is 20.0. The summed E-state index contributed by atoms with van der Waals surface area (Å²) in [7, 11) is 0. The highest BCUT2D eigenvalue weighted by molar-refractivity contribution is 6.07. The van der Waals surface area contributed by atoms with Crippen LogP contribution in [0.25, 0.3) is 0 Å². The highest BCUT2D eigenvalue weighted by atomic mass is 16.5. The SMILES string of the molecule is Cc1cc2cc(c1)C(=O)NC1CC(NC(=O)c3cc(C)cc4c3OC#CC#CC#COc3c(cc(C)cc3C(=O)NC3CC(NC(=O)c5cc(C)cc(c5O)C(=O)NC5CC(NC4=O)C(C)CC5C)C(C)CC3C)C(=O)NC3CC(NC2=O)C(C)CC3C)C(C)CC1C. The quantitative estimate of drug-likeness (QED) is 0.0753. The second-order valence-corrected chi connectivity index (χ2v) is 27.9. The average Bonchev–Trinajstić information content (AvgIpc) is 0.837. The molecule has 2 aliphatic heterocycles. The first-order chi connectivity index (χ1) is 44.2. The van der Waals surface area contributed by atoms with Gasteiger partial charge < -0.3 is 57.1 Å². The minimum atomic E-state index is -0.604. The molecular formula is C74H86N8O11. The molecule has 9 N–H and O–H groups in total. The molecule has 0 aromatic heterocycles. The predicted molar refractivity (Wildman–Crippen MR) is 351 cm³/mol. The Hall–Kier alpha value is -9.28. The van der Waals surface area contributed by atoms with E-state index < -0.39 is 77.4 Å². The van der Waals surface area contributed by atoms with E-state index in [0.717, 1.165) is 0 Å². The molecular weight excluding hydrogens is 1180 g/mol. The largest absolute Gasteiger partial charge is 0.506 e. The van der Waals surface area contributed by atoms with Crippen LogP contribution < -0.4 is 52.0 Å². The zero-order valence-corrected chi connectivity index (χ0v) is 55.1. The second kappa shape index (κ2) is 27.9. The molecule has 4 saturated carbocycles. The van der Waals surface area contributed by atoms with Crippen molar-refractivity contribution in [2.24, 2.45) is 47.3 Å². The molecule has 0 saturated heterocycles. The number of ether oxygens (including phenoxy) is 2. The van der Waals surface area contributed by atoms with Crippen LogP contribution in [0.2, 0.25) is 0 Å². The monoisotopic (exact) mass is 1260 g/mol. The van der Waals surface area contributed by atoms with Gasteiger partial charge >= 0.3 is 0 Å². The summed E-state index contributed by atoms with van der Waals surface area (Å²) in [5.74, 6) is 5.05. The number of hydrogen-bond acceptors (Lipinski definition) is 11. The maximum atomic E-state index is 14.9. The van der Waals surface area contributed by atoms with Crippen LogP contribution in [0, 0.1) is 111 Å². The summed E-state index contributed by atoms with van der Waals surface area (Å²) in [4.78, 5) is 117. The molecule has 19 nitrogen and oxygen atoms in total. The van der Waals surface area contributed by atoms with Gasteiger partial charge in [0, 0.05) is 83.1 Å². The fraction of sp³-hybridized carbons (Fsp3) is 0.486. The van der Waals surface area contributed by atoms with Crippen molar-refractivity contribution in [3.8, 4) is 53.1 Å². The lowest BCUT2D eigenvalue weighted by Crippen LogP contribution is -2.53. The number of carbonyl (C=O) groups is 8. The second-order valence-electron chi connectivity index (χ2n) is 27.9. The lowest BCUT2D eigenvalue weighted by Gasteiger charge is -2.40. The predicted octanol–water partition coefficient (Wildman–Crippen LogP) is 8.49. The molecule has 2 heterocycles. The number of aromatic hydroxyl groups is 1. The van der Waals surface area contributed by atoms with Crippen molar-refractivity contribution in [3.05, 3.63) is 121 Å². The van der Waals surface area contributed by atoms with Gasteiger partial charge in [-0.05, 0) is 203 Å². The molecule has 4 aliphatic carbocycles. The molecule has 4 aromatic carbocycles. The molecule has 4 fully saturated rings. The number of hydrogen-bond donors (Lipinski definition) is 9. The Morgan fingerprint density at radius 3 is 0.774 bits per heavy atom. The average molecular weight is 1260 g/mol. The van der Waals surface area contributed by atoms with Gasteiger partial charge in [0.05, 0.1) is 33.4 Å². The first-order valence-electron chi connectivity index (χ1n) is 32.7. The minimum Gasteiger partial charge on any atom is -0.506 e. The molecule has 19 heteroatoms. The van der Waals surface area contributed by atoms with E-state index in [4.69, 9.17) is 9.47 Å². The highest BCUT2D eigenvalue weighted by Gasteiger charge is 2.41. The number of phenols is 1. The third-order valence-electron chi connectivity index (χ3n) is 20.4. The molecule has 14 bridgehead atoms. The van der Waals surface area contributed by atoms with E-state index in [1.165, 1.54) is 12.1 Å². The van der Waals surface area contributed by atoms with E-state index in [1.807, 2.05) is 48.5 Å². The third-order valence-corrected chi connectivity index (χ3v) is 20.4. The van der Waals surface area contributed by atoms with E-state index in [-0.39, 0.29) is 116 Å². The highest BCUT2D eigenvalue weighted by Crippen LogP contribution is 2.38. The molecule has 6 aliphatic rings. The van der Waals surface area contributed by atoms with Crippen molar-refractivity contribution in [1.82, 2.24) is 42.5 Å². The smallest absolute Gasteiger partial charge is 0.255 e. The fourth-order valence-electron chi connectivity index (χ4n) is 15.1. The summed E-state index contributed by atoms with van der Waals surface area (Å²) >= 11 is 0. The van der Waals surface area contributed by atoms with E-state index >= 15 is 0 Å². The van der Waals surface area contributed by atoms with Crippen molar-refractivity contribution in [3.63, 3.8) is 0 Å². The van der Waals surface area contributed by atoms with Crippen LogP contribution in [-0.4, -0.2) is 101 Å². The number of fused-ring (bicyclic) bond motifs is 16. The third kappa shape index (κ3) is 15.0. The number of benzene rings is 4. The van der Waals surface area contributed by atoms with Crippen molar-refractivity contribution in [1.29, 1.82) is 0 Å². The first-order valence-corrected chi connectivity index (χ1v) is 32.7. The van der Waals surface area contributed by atoms with E-state index in [0.29, 0.717) is 84.7 Å². The summed E-state index contributed by atoms with van der Waals surface area (Å²) in [5.41, 5.74) is 2.76. The summed E-state index contributed by atoms with van der Waals surface area (Å²) in [5, 5.41) is 37.3. The fourth-order valence-corrected chi connectivity index (χ4v) is 15.1. The van der Waals surface area contributed by atoms with Crippen molar-refractivity contribution >= 4 is 47.3 Å². The molecule has 16 atom stereocenters. The zero-order valence-electron chi connectivity index (χ0n) is 55.1.